The van der Waals surface area contributed by atoms with Crippen LogP contribution in [0.25, 0.3) is 6.08 Å². The third-order valence-electron chi connectivity index (χ3n) is 4.68. The van der Waals surface area contributed by atoms with E-state index in [1.807, 2.05) is 37.3 Å². The Kier molecular flexibility index (Phi) is 5.57. The number of benzene rings is 3. The van der Waals surface area contributed by atoms with Crippen molar-refractivity contribution < 1.29 is 19.2 Å². The maximum Gasteiger partial charge on any atom is 0.363 e. The number of hydrogen-bond acceptors (Lipinski definition) is 6. The highest BCUT2D eigenvalue weighted by Gasteiger charge is 2.25. The molecule has 0 spiro atoms. The van der Waals surface area contributed by atoms with Crippen LogP contribution in [0.1, 0.15) is 22.3 Å². The molecule has 0 atom stereocenters. The number of aliphatic imine (C=N–C) groups is 1. The van der Waals surface area contributed by atoms with Gasteiger partial charge in [0.1, 0.15) is 12.4 Å². The van der Waals surface area contributed by atoms with Gasteiger partial charge in [-0.05, 0) is 47.9 Å². The molecule has 0 N–H and O–H groups in total. The molecule has 31 heavy (non-hydrogen) atoms. The summed E-state index contributed by atoms with van der Waals surface area (Å²) in [5.41, 5.74) is 3.36. The summed E-state index contributed by atoms with van der Waals surface area (Å²) in [7, 11) is 0. The van der Waals surface area contributed by atoms with Gasteiger partial charge < -0.3 is 9.47 Å². The lowest BCUT2D eigenvalue weighted by Crippen LogP contribution is -2.06. The molecule has 3 aromatic carbocycles. The molecule has 154 valence electrons. The number of carbonyl (C=O) groups is 1. The maximum atomic E-state index is 12.3. The van der Waals surface area contributed by atoms with Crippen LogP contribution in [0.5, 0.6) is 5.75 Å². The van der Waals surface area contributed by atoms with Crippen molar-refractivity contribution in [1.82, 2.24) is 0 Å². The van der Waals surface area contributed by atoms with Gasteiger partial charge in [-0.25, -0.2) is 9.79 Å². The summed E-state index contributed by atoms with van der Waals surface area (Å²) in [5.74, 6) is 0.337. The predicted molar refractivity (Wildman–Crippen MR) is 116 cm³/mol. The van der Waals surface area contributed by atoms with E-state index >= 15 is 0 Å². The number of nitro benzene ring substituents is 1. The van der Waals surface area contributed by atoms with Crippen molar-refractivity contribution >= 4 is 23.6 Å². The van der Waals surface area contributed by atoms with E-state index in [9.17, 15) is 14.9 Å². The van der Waals surface area contributed by atoms with E-state index in [1.165, 1.54) is 12.1 Å². The van der Waals surface area contributed by atoms with Crippen LogP contribution >= 0.6 is 0 Å². The third kappa shape index (κ3) is 4.67. The zero-order valence-electron chi connectivity index (χ0n) is 16.6. The Hall–Kier alpha value is -4.26. The topological polar surface area (TPSA) is 91.0 Å². The Labute approximate surface area is 178 Å². The zero-order valence-corrected chi connectivity index (χ0v) is 16.6. The number of non-ortho nitro benzene ring substituents is 1. The quantitative estimate of drug-likeness (QED) is 0.249. The number of rotatable bonds is 6. The Balaban J connectivity index is 1.51. The molecular weight excluding hydrogens is 396 g/mol. The predicted octanol–water partition coefficient (Wildman–Crippen LogP) is 4.83. The Morgan fingerprint density at radius 3 is 2.68 bits per heavy atom. The second-order valence-electron chi connectivity index (χ2n) is 6.94. The summed E-state index contributed by atoms with van der Waals surface area (Å²) in [6.45, 7) is 2.11. The maximum absolute atomic E-state index is 12.3. The molecule has 0 bridgehead atoms. The minimum Gasteiger partial charge on any atom is -0.489 e. The van der Waals surface area contributed by atoms with E-state index in [0.717, 1.165) is 16.7 Å². The normalized spacial score (nSPS) is 14.3. The second-order valence-corrected chi connectivity index (χ2v) is 6.94. The van der Waals surface area contributed by atoms with Crippen molar-refractivity contribution in [3.63, 3.8) is 0 Å². The summed E-state index contributed by atoms with van der Waals surface area (Å²) in [6, 6.07) is 21.0. The van der Waals surface area contributed by atoms with Gasteiger partial charge in [-0.1, -0.05) is 42.5 Å². The van der Waals surface area contributed by atoms with Crippen LogP contribution in [0, 0.1) is 17.0 Å². The van der Waals surface area contributed by atoms with Gasteiger partial charge in [-0.15, -0.1) is 0 Å². The Bertz CT molecular complexity index is 1230. The van der Waals surface area contributed by atoms with Gasteiger partial charge in [0.05, 0.1) is 4.92 Å². The lowest BCUT2D eigenvalue weighted by Gasteiger charge is -2.07. The molecule has 7 nitrogen and oxygen atoms in total. The molecule has 0 saturated heterocycles. The van der Waals surface area contributed by atoms with E-state index < -0.39 is 10.9 Å². The summed E-state index contributed by atoms with van der Waals surface area (Å²) in [4.78, 5) is 27.1. The molecule has 0 aliphatic carbocycles. The average Bonchev–Trinajstić information content (AvgIpc) is 3.13. The minimum absolute atomic E-state index is 0.0154. The van der Waals surface area contributed by atoms with Gasteiger partial charge in [0.2, 0.25) is 5.90 Å². The van der Waals surface area contributed by atoms with Crippen LogP contribution in [0.3, 0.4) is 0 Å². The van der Waals surface area contributed by atoms with Crippen LogP contribution < -0.4 is 4.74 Å². The first-order valence-electron chi connectivity index (χ1n) is 9.54. The average molecular weight is 414 g/mol. The lowest BCUT2D eigenvalue weighted by atomic mass is 10.1. The van der Waals surface area contributed by atoms with Gasteiger partial charge >= 0.3 is 5.97 Å². The number of ether oxygens (including phenoxy) is 2. The number of aryl methyl sites for hydroxylation is 1. The summed E-state index contributed by atoms with van der Waals surface area (Å²) in [6.07, 6.45) is 1.63. The number of hydrogen-bond donors (Lipinski definition) is 0. The van der Waals surface area contributed by atoms with Crippen LogP contribution in [0.2, 0.25) is 0 Å². The first-order valence-corrected chi connectivity index (χ1v) is 9.54. The lowest BCUT2D eigenvalue weighted by molar-refractivity contribution is -0.384. The molecule has 0 fully saturated rings. The molecule has 0 radical (unpaired) electrons. The van der Waals surface area contributed by atoms with Crippen LogP contribution in [-0.2, 0) is 16.1 Å². The molecule has 0 amide bonds. The van der Waals surface area contributed by atoms with Gasteiger partial charge in [-0.3, -0.25) is 10.1 Å². The third-order valence-corrected chi connectivity index (χ3v) is 4.68. The van der Waals surface area contributed by atoms with Gasteiger partial charge in [0, 0.05) is 17.7 Å². The van der Waals surface area contributed by atoms with E-state index in [1.54, 1.807) is 36.4 Å². The van der Waals surface area contributed by atoms with Crippen molar-refractivity contribution in [2.45, 2.75) is 13.5 Å². The van der Waals surface area contributed by atoms with Gasteiger partial charge in [-0.2, -0.15) is 0 Å². The largest absolute Gasteiger partial charge is 0.489 e. The highest BCUT2D eigenvalue weighted by atomic mass is 16.6. The molecule has 1 aliphatic heterocycles. The smallest absolute Gasteiger partial charge is 0.363 e. The molecule has 0 saturated carbocycles. The molecule has 1 aliphatic rings. The summed E-state index contributed by atoms with van der Waals surface area (Å²) >= 11 is 0. The highest BCUT2D eigenvalue weighted by molar-refractivity contribution is 6.13. The fourth-order valence-electron chi connectivity index (χ4n) is 3.12. The minimum atomic E-state index is -0.513. The molecule has 0 aromatic heterocycles. The van der Waals surface area contributed by atoms with E-state index in [-0.39, 0.29) is 23.9 Å². The van der Waals surface area contributed by atoms with E-state index in [4.69, 9.17) is 9.47 Å². The van der Waals surface area contributed by atoms with Gasteiger partial charge in [0.25, 0.3) is 5.69 Å². The van der Waals surface area contributed by atoms with Crippen molar-refractivity contribution in [3.8, 4) is 5.75 Å². The molecular formula is C24H18N2O5. The number of esters is 1. The van der Waals surface area contributed by atoms with Crippen molar-refractivity contribution in [1.29, 1.82) is 0 Å². The van der Waals surface area contributed by atoms with Crippen molar-refractivity contribution in [3.05, 3.63) is 111 Å². The zero-order chi connectivity index (χ0) is 21.8. The monoisotopic (exact) mass is 414 g/mol. The number of nitro groups is 1. The Morgan fingerprint density at radius 1 is 1.06 bits per heavy atom. The van der Waals surface area contributed by atoms with Crippen LogP contribution in [0.15, 0.2) is 83.5 Å². The summed E-state index contributed by atoms with van der Waals surface area (Å²) < 4.78 is 11.1. The van der Waals surface area contributed by atoms with Crippen LogP contribution in [-0.4, -0.2) is 16.8 Å². The summed E-state index contributed by atoms with van der Waals surface area (Å²) in [5, 5.41) is 10.9. The van der Waals surface area contributed by atoms with E-state index in [0.29, 0.717) is 11.3 Å². The SMILES string of the molecule is Cc1ccccc1C1=N/C(=C\c2cccc(OCc3cccc([N+](=O)[O-])c3)c2)C(=O)O1. The fraction of sp³-hybridized carbons (Fsp3) is 0.0833. The number of carbonyl (C=O) groups excluding carboxylic acids is 1. The second kappa shape index (κ2) is 8.62. The van der Waals surface area contributed by atoms with Crippen LogP contribution in [0.4, 0.5) is 5.69 Å². The molecule has 1 heterocycles. The standard InChI is InChI=1S/C24H18N2O5/c1-16-6-2-3-11-21(16)23-25-22(24(27)31-23)14-17-7-5-10-20(13-17)30-15-18-8-4-9-19(12-18)26(28)29/h2-14H,15H2,1H3/b22-14-. The fourth-order valence-corrected chi connectivity index (χ4v) is 3.12. The molecule has 0 unspecified atom stereocenters. The first kappa shape index (κ1) is 20.0. The highest BCUT2D eigenvalue weighted by Crippen LogP contribution is 2.23. The van der Waals surface area contributed by atoms with E-state index in [2.05, 4.69) is 4.99 Å². The molecule has 7 heteroatoms. The molecule has 3 aromatic rings. The molecule has 4 rings (SSSR count). The number of nitrogens with zero attached hydrogens (tertiary/aromatic N) is 2. The van der Waals surface area contributed by atoms with Crippen molar-refractivity contribution in [2.24, 2.45) is 4.99 Å². The Morgan fingerprint density at radius 2 is 1.87 bits per heavy atom. The number of cyclic esters (lactones) is 1. The van der Waals surface area contributed by atoms with Gasteiger partial charge in [0.15, 0.2) is 5.70 Å². The first-order chi connectivity index (χ1) is 15.0. The van der Waals surface area contributed by atoms with Crippen molar-refractivity contribution in [2.75, 3.05) is 0 Å².